The summed E-state index contributed by atoms with van der Waals surface area (Å²) in [5.74, 6) is 0.751. The van der Waals surface area contributed by atoms with E-state index in [-0.39, 0.29) is 0 Å². The quantitative estimate of drug-likeness (QED) is 0.833. The second-order valence-electron chi connectivity index (χ2n) is 5.55. The van der Waals surface area contributed by atoms with Crippen molar-refractivity contribution in [1.29, 1.82) is 0 Å². The third-order valence-corrected chi connectivity index (χ3v) is 3.84. The maximum Gasteiger partial charge on any atom is 0.225 e. The lowest BCUT2D eigenvalue weighted by Gasteiger charge is -2.26. The normalized spacial score (nSPS) is 16.3. The fourth-order valence-electron chi connectivity index (χ4n) is 2.51. The smallest absolute Gasteiger partial charge is 0.225 e. The van der Waals surface area contributed by atoms with Crippen LogP contribution >= 0.6 is 0 Å². The van der Waals surface area contributed by atoms with Crippen molar-refractivity contribution >= 4 is 5.95 Å². The number of anilines is 1. The highest BCUT2D eigenvalue weighted by Crippen LogP contribution is 2.12. The molecule has 1 saturated heterocycles. The summed E-state index contributed by atoms with van der Waals surface area (Å²) < 4.78 is 5.33. The summed E-state index contributed by atoms with van der Waals surface area (Å²) in [4.78, 5) is 11.0. The van der Waals surface area contributed by atoms with Crippen LogP contribution in [0.25, 0.3) is 0 Å². The molecule has 0 radical (unpaired) electrons. The number of hydrogen-bond acceptors (Lipinski definition) is 6. The number of aliphatic hydroxyl groups excluding tert-OH is 1. The number of aromatic nitrogens is 2. The van der Waals surface area contributed by atoms with Crippen LogP contribution in [0.5, 0.6) is 0 Å². The van der Waals surface area contributed by atoms with E-state index in [0.717, 1.165) is 43.4 Å². The van der Waals surface area contributed by atoms with E-state index < -0.39 is 6.10 Å². The number of aliphatic hydroxyl groups is 1. The Kier molecular flexibility index (Phi) is 5.52. The predicted molar refractivity (Wildman–Crippen MR) is 88.2 cm³/mol. The predicted octanol–water partition coefficient (Wildman–Crippen LogP) is 1.14. The van der Waals surface area contributed by atoms with Gasteiger partial charge in [0.2, 0.25) is 5.95 Å². The van der Waals surface area contributed by atoms with Crippen LogP contribution in [0.1, 0.15) is 17.2 Å². The van der Waals surface area contributed by atoms with Gasteiger partial charge in [-0.1, -0.05) is 30.3 Å². The molecule has 2 N–H and O–H groups in total. The summed E-state index contributed by atoms with van der Waals surface area (Å²) in [5.41, 5.74) is 1.92. The molecule has 1 aliphatic heterocycles. The van der Waals surface area contributed by atoms with Gasteiger partial charge in [-0.3, -0.25) is 0 Å². The molecule has 0 amide bonds. The zero-order valence-corrected chi connectivity index (χ0v) is 13.1. The number of rotatable bonds is 6. The molecule has 6 heteroatoms. The molecule has 1 aromatic carbocycles. The Hall–Kier alpha value is -2.02. The van der Waals surface area contributed by atoms with Gasteiger partial charge in [0.1, 0.15) is 0 Å². The van der Waals surface area contributed by atoms with E-state index in [1.807, 2.05) is 42.7 Å². The monoisotopic (exact) mass is 314 g/mol. The van der Waals surface area contributed by atoms with E-state index in [1.165, 1.54) is 0 Å². The molecule has 0 aliphatic carbocycles. The Morgan fingerprint density at radius 1 is 1.13 bits per heavy atom. The Morgan fingerprint density at radius 3 is 2.52 bits per heavy atom. The van der Waals surface area contributed by atoms with E-state index in [1.54, 1.807) is 0 Å². The number of ether oxygens (including phenoxy) is 1. The van der Waals surface area contributed by atoms with Crippen LogP contribution in [-0.4, -0.2) is 47.9 Å². The number of nitrogens with zero attached hydrogens (tertiary/aromatic N) is 3. The first-order chi connectivity index (χ1) is 11.3. The molecular weight excluding hydrogens is 292 g/mol. The first-order valence-corrected chi connectivity index (χ1v) is 7.90. The largest absolute Gasteiger partial charge is 0.387 e. The van der Waals surface area contributed by atoms with Gasteiger partial charge >= 0.3 is 0 Å². The number of benzene rings is 1. The average molecular weight is 314 g/mol. The maximum atomic E-state index is 10.1. The van der Waals surface area contributed by atoms with Gasteiger partial charge in [-0.05, 0) is 5.56 Å². The fourth-order valence-corrected chi connectivity index (χ4v) is 2.51. The van der Waals surface area contributed by atoms with Gasteiger partial charge in [-0.25, -0.2) is 9.97 Å². The third kappa shape index (κ3) is 4.48. The second kappa shape index (κ2) is 8.01. The fraction of sp³-hybridized carbons (Fsp3) is 0.412. The zero-order valence-electron chi connectivity index (χ0n) is 13.1. The van der Waals surface area contributed by atoms with Crippen LogP contribution in [0.3, 0.4) is 0 Å². The van der Waals surface area contributed by atoms with Crippen molar-refractivity contribution in [1.82, 2.24) is 15.3 Å². The maximum absolute atomic E-state index is 10.1. The summed E-state index contributed by atoms with van der Waals surface area (Å²) in [6.07, 6.45) is 3.16. The molecule has 6 nitrogen and oxygen atoms in total. The van der Waals surface area contributed by atoms with E-state index in [4.69, 9.17) is 4.74 Å². The van der Waals surface area contributed by atoms with Gasteiger partial charge in [0.25, 0.3) is 0 Å². The average Bonchev–Trinajstić information content (AvgIpc) is 2.64. The number of hydrogen-bond donors (Lipinski definition) is 2. The van der Waals surface area contributed by atoms with E-state index >= 15 is 0 Å². The molecule has 3 rings (SSSR count). The summed E-state index contributed by atoms with van der Waals surface area (Å²) in [7, 11) is 0. The molecule has 1 unspecified atom stereocenters. The highest BCUT2D eigenvalue weighted by atomic mass is 16.5. The van der Waals surface area contributed by atoms with Crippen LogP contribution in [0, 0.1) is 0 Å². The molecule has 1 atom stereocenters. The number of nitrogens with one attached hydrogen (secondary N) is 1. The van der Waals surface area contributed by atoms with Crippen molar-refractivity contribution in [2.75, 3.05) is 37.7 Å². The summed E-state index contributed by atoms with van der Waals surface area (Å²) >= 11 is 0. The SMILES string of the molecule is OC(CNCc1cnc(N2CCOCC2)nc1)c1ccccc1. The van der Waals surface area contributed by atoms with E-state index in [9.17, 15) is 5.11 Å². The van der Waals surface area contributed by atoms with Gasteiger partial charge in [-0.15, -0.1) is 0 Å². The van der Waals surface area contributed by atoms with Crippen molar-refractivity contribution in [3.05, 3.63) is 53.9 Å². The van der Waals surface area contributed by atoms with Crippen LogP contribution in [0.4, 0.5) is 5.95 Å². The Balaban J connectivity index is 1.47. The summed E-state index contributed by atoms with van der Waals surface area (Å²) in [6.45, 7) is 4.25. The lowest BCUT2D eigenvalue weighted by molar-refractivity contribution is 0.122. The molecule has 122 valence electrons. The van der Waals surface area contributed by atoms with Crippen LogP contribution in [0.2, 0.25) is 0 Å². The van der Waals surface area contributed by atoms with Crippen molar-refractivity contribution in [2.24, 2.45) is 0 Å². The first kappa shape index (κ1) is 15.9. The van der Waals surface area contributed by atoms with Crippen LogP contribution in [-0.2, 0) is 11.3 Å². The van der Waals surface area contributed by atoms with Crippen LogP contribution < -0.4 is 10.2 Å². The topological polar surface area (TPSA) is 70.5 Å². The molecule has 1 aromatic heterocycles. The second-order valence-corrected chi connectivity index (χ2v) is 5.55. The molecule has 2 heterocycles. The summed E-state index contributed by atoms with van der Waals surface area (Å²) in [6, 6.07) is 9.64. The summed E-state index contributed by atoms with van der Waals surface area (Å²) in [5, 5.41) is 13.3. The molecule has 2 aromatic rings. The van der Waals surface area contributed by atoms with Gasteiger partial charge in [0, 0.05) is 44.1 Å². The van der Waals surface area contributed by atoms with Gasteiger partial charge in [0.05, 0.1) is 19.3 Å². The molecular formula is C17H22N4O2. The molecule has 0 spiro atoms. The highest BCUT2D eigenvalue weighted by molar-refractivity contribution is 5.30. The van der Waals surface area contributed by atoms with E-state index in [0.29, 0.717) is 13.1 Å². The minimum Gasteiger partial charge on any atom is -0.387 e. The number of morpholine rings is 1. The molecule has 0 bridgehead atoms. The van der Waals surface area contributed by atoms with Gasteiger partial charge < -0.3 is 20.1 Å². The Morgan fingerprint density at radius 2 is 1.83 bits per heavy atom. The molecule has 23 heavy (non-hydrogen) atoms. The Bertz CT molecular complexity index is 585. The van der Waals surface area contributed by atoms with Crippen LogP contribution in [0.15, 0.2) is 42.7 Å². The standard InChI is InChI=1S/C17H22N4O2/c22-16(15-4-2-1-3-5-15)13-18-10-14-11-19-17(20-12-14)21-6-8-23-9-7-21/h1-5,11-12,16,18,22H,6-10,13H2. The third-order valence-electron chi connectivity index (χ3n) is 3.84. The van der Waals surface area contributed by atoms with Crippen molar-refractivity contribution < 1.29 is 9.84 Å². The lowest BCUT2D eigenvalue weighted by atomic mass is 10.1. The van der Waals surface area contributed by atoms with Crippen molar-refractivity contribution in [3.8, 4) is 0 Å². The van der Waals surface area contributed by atoms with E-state index in [2.05, 4.69) is 20.2 Å². The molecule has 1 fully saturated rings. The zero-order chi connectivity index (χ0) is 15.9. The van der Waals surface area contributed by atoms with Crippen molar-refractivity contribution in [2.45, 2.75) is 12.6 Å². The minimum atomic E-state index is -0.509. The molecule has 1 aliphatic rings. The minimum absolute atomic E-state index is 0.495. The van der Waals surface area contributed by atoms with Crippen molar-refractivity contribution in [3.63, 3.8) is 0 Å². The lowest BCUT2D eigenvalue weighted by Crippen LogP contribution is -2.37. The first-order valence-electron chi connectivity index (χ1n) is 7.90. The van der Waals surface area contributed by atoms with Gasteiger partial charge in [0.15, 0.2) is 0 Å². The van der Waals surface area contributed by atoms with Gasteiger partial charge in [-0.2, -0.15) is 0 Å². The highest BCUT2D eigenvalue weighted by Gasteiger charge is 2.13. The molecule has 0 saturated carbocycles. The Labute approximate surface area is 136 Å².